The van der Waals surface area contributed by atoms with Crippen LogP contribution in [0.25, 0.3) is 16.7 Å². The first-order chi connectivity index (χ1) is 13.6. The molecule has 0 spiro atoms. The number of aromatic nitrogens is 2. The molecule has 1 aromatic heterocycles. The summed E-state index contributed by atoms with van der Waals surface area (Å²) in [6.07, 6.45) is 2.68. The normalized spacial score (nSPS) is 11.0. The quantitative estimate of drug-likeness (QED) is 0.361. The molecule has 0 aliphatic carbocycles. The maximum absolute atomic E-state index is 12.2. The molecule has 3 aromatic rings. The standard InChI is InChI=1S/C22H20N2O4/c1-15-20(19(13-26-2)22(25)27-3)21(24-14-23-15)28-18-11-7-10-17(12-18)16-8-5-4-6-9-16/h4-14H,1-3H3. The molecule has 0 atom stereocenters. The average Bonchev–Trinajstić information content (AvgIpc) is 2.73. The summed E-state index contributed by atoms with van der Waals surface area (Å²) in [7, 11) is 2.75. The minimum atomic E-state index is -0.567. The van der Waals surface area contributed by atoms with E-state index < -0.39 is 5.97 Å². The van der Waals surface area contributed by atoms with E-state index in [2.05, 4.69) is 9.97 Å². The molecule has 6 heteroatoms. The van der Waals surface area contributed by atoms with Gasteiger partial charge in [-0.05, 0) is 30.2 Å². The zero-order valence-electron chi connectivity index (χ0n) is 15.9. The molecule has 6 nitrogen and oxygen atoms in total. The van der Waals surface area contributed by atoms with Gasteiger partial charge in [0, 0.05) is 0 Å². The maximum atomic E-state index is 12.2. The zero-order chi connectivity index (χ0) is 19.9. The molecule has 0 aliphatic heterocycles. The van der Waals surface area contributed by atoms with Gasteiger partial charge >= 0.3 is 5.97 Å². The van der Waals surface area contributed by atoms with Gasteiger partial charge in [-0.15, -0.1) is 0 Å². The molecule has 0 radical (unpaired) electrons. The summed E-state index contributed by atoms with van der Waals surface area (Å²) in [4.78, 5) is 20.6. The predicted octanol–water partition coefficient (Wildman–Crippen LogP) is 4.40. The molecule has 28 heavy (non-hydrogen) atoms. The van der Waals surface area contributed by atoms with Crippen LogP contribution in [0.2, 0.25) is 0 Å². The van der Waals surface area contributed by atoms with E-state index in [1.807, 2.05) is 54.6 Å². The van der Waals surface area contributed by atoms with Crippen LogP contribution in [0.15, 0.2) is 67.2 Å². The highest BCUT2D eigenvalue weighted by molar-refractivity contribution is 6.17. The summed E-state index contributed by atoms with van der Waals surface area (Å²) in [5.74, 6) is 0.261. The number of aryl methyl sites for hydroxylation is 1. The summed E-state index contributed by atoms with van der Waals surface area (Å²) >= 11 is 0. The molecule has 0 fully saturated rings. The number of hydrogen-bond acceptors (Lipinski definition) is 6. The van der Waals surface area contributed by atoms with Gasteiger partial charge in [0.1, 0.15) is 17.6 Å². The smallest absolute Gasteiger partial charge is 0.341 e. The van der Waals surface area contributed by atoms with Gasteiger partial charge in [-0.3, -0.25) is 0 Å². The number of benzene rings is 2. The number of esters is 1. The van der Waals surface area contributed by atoms with Crippen molar-refractivity contribution in [3.63, 3.8) is 0 Å². The Labute approximate surface area is 163 Å². The van der Waals surface area contributed by atoms with E-state index in [0.29, 0.717) is 17.0 Å². The molecule has 0 bridgehead atoms. The molecule has 142 valence electrons. The van der Waals surface area contributed by atoms with E-state index in [1.165, 1.54) is 26.8 Å². The van der Waals surface area contributed by atoms with Crippen molar-refractivity contribution in [1.29, 1.82) is 0 Å². The van der Waals surface area contributed by atoms with Crippen LogP contribution in [0.3, 0.4) is 0 Å². The largest absolute Gasteiger partial charge is 0.503 e. The number of rotatable bonds is 6. The van der Waals surface area contributed by atoms with E-state index in [1.54, 1.807) is 6.92 Å². The number of carbonyl (C=O) groups excluding carboxylic acids is 1. The Hall–Kier alpha value is -3.67. The fourth-order valence-electron chi connectivity index (χ4n) is 2.76. The van der Waals surface area contributed by atoms with Crippen molar-refractivity contribution in [3.05, 3.63) is 78.4 Å². The first-order valence-corrected chi connectivity index (χ1v) is 8.60. The Kier molecular flexibility index (Phi) is 6.01. The van der Waals surface area contributed by atoms with E-state index in [-0.39, 0.29) is 11.5 Å². The van der Waals surface area contributed by atoms with Crippen molar-refractivity contribution in [2.24, 2.45) is 0 Å². The van der Waals surface area contributed by atoms with Crippen molar-refractivity contribution in [1.82, 2.24) is 9.97 Å². The van der Waals surface area contributed by atoms with Crippen molar-refractivity contribution < 1.29 is 19.0 Å². The predicted molar refractivity (Wildman–Crippen MR) is 106 cm³/mol. The van der Waals surface area contributed by atoms with Gasteiger partial charge in [0.15, 0.2) is 0 Å². The molecule has 0 saturated heterocycles. The number of methoxy groups -OCH3 is 2. The summed E-state index contributed by atoms with van der Waals surface area (Å²) in [5, 5.41) is 0. The van der Waals surface area contributed by atoms with Crippen LogP contribution in [0, 0.1) is 6.92 Å². The third-order valence-electron chi connectivity index (χ3n) is 4.07. The fourth-order valence-corrected chi connectivity index (χ4v) is 2.76. The van der Waals surface area contributed by atoms with Gasteiger partial charge in [0.05, 0.1) is 31.7 Å². The molecule has 0 amide bonds. The topological polar surface area (TPSA) is 70.5 Å². The second-order valence-electron chi connectivity index (χ2n) is 5.89. The lowest BCUT2D eigenvalue weighted by atomic mass is 10.1. The third-order valence-corrected chi connectivity index (χ3v) is 4.07. The number of hydrogen-bond donors (Lipinski definition) is 0. The molecule has 0 aliphatic rings. The van der Waals surface area contributed by atoms with Crippen LogP contribution >= 0.6 is 0 Å². The molecule has 0 N–H and O–H groups in total. The molecular weight excluding hydrogens is 356 g/mol. The second kappa shape index (κ2) is 8.81. The highest BCUT2D eigenvalue weighted by Crippen LogP contribution is 2.32. The van der Waals surface area contributed by atoms with Crippen molar-refractivity contribution >= 4 is 11.5 Å². The third kappa shape index (κ3) is 4.17. The number of carbonyl (C=O) groups is 1. The van der Waals surface area contributed by atoms with Crippen LogP contribution in [-0.4, -0.2) is 30.2 Å². The van der Waals surface area contributed by atoms with Gasteiger partial charge in [-0.2, -0.15) is 0 Å². The summed E-state index contributed by atoms with van der Waals surface area (Å²) in [5.41, 5.74) is 3.24. The Morgan fingerprint density at radius 3 is 2.43 bits per heavy atom. The van der Waals surface area contributed by atoms with Gasteiger partial charge < -0.3 is 14.2 Å². The molecule has 1 heterocycles. The lowest BCUT2D eigenvalue weighted by Crippen LogP contribution is -2.09. The summed E-state index contributed by atoms with van der Waals surface area (Å²) in [6.45, 7) is 1.76. The molecular formula is C22H20N2O4. The summed E-state index contributed by atoms with van der Waals surface area (Å²) in [6, 6.07) is 17.6. The molecule has 0 unspecified atom stereocenters. The second-order valence-corrected chi connectivity index (χ2v) is 5.89. The SMILES string of the molecule is COC=C(C(=O)OC)c1c(C)ncnc1Oc1cccc(-c2ccccc2)c1. The lowest BCUT2D eigenvalue weighted by molar-refractivity contribution is -0.133. The Balaban J connectivity index is 2.01. The Bertz CT molecular complexity index is 1000. The van der Waals surface area contributed by atoms with Crippen LogP contribution < -0.4 is 4.74 Å². The van der Waals surface area contributed by atoms with E-state index in [9.17, 15) is 4.79 Å². The number of nitrogens with zero attached hydrogens (tertiary/aromatic N) is 2. The van der Waals surface area contributed by atoms with Crippen molar-refractivity contribution in [3.8, 4) is 22.8 Å². The minimum absolute atomic E-state index is 0.178. The zero-order valence-corrected chi connectivity index (χ0v) is 15.9. The van der Waals surface area contributed by atoms with Crippen LogP contribution in [-0.2, 0) is 14.3 Å². The van der Waals surface area contributed by atoms with Crippen LogP contribution in [0.4, 0.5) is 0 Å². The highest BCUT2D eigenvalue weighted by Gasteiger charge is 2.22. The first-order valence-electron chi connectivity index (χ1n) is 8.60. The highest BCUT2D eigenvalue weighted by atomic mass is 16.5. The van der Waals surface area contributed by atoms with Crippen molar-refractivity contribution in [2.45, 2.75) is 6.92 Å². The van der Waals surface area contributed by atoms with Gasteiger partial charge in [-0.25, -0.2) is 14.8 Å². The van der Waals surface area contributed by atoms with E-state index in [0.717, 1.165) is 11.1 Å². The van der Waals surface area contributed by atoms with Gasteiger partial charge in [-0.1, -0.05) is 42.5 Å². The van der Waals surface area contributed by atoms with E-state index in [4.69, 9.17) is 14.2 Å². The fraction of sp³-hybridized carbons (Fsp3) is 0.136. The lowest BCUT2D eigenvalue weighted by Gasteiger charge is -2.14. The van der Waals surface area contributed by atoms with Crippen LogP contribution in [0.1, 0.15) is 11.3 Å². The monoisotopic (exact) mass is 376 g/mol. The number of ether oxygens (including phenoxy) is 3. The van der Waals surface area contributed by atoms with E-state index >= 15 is 0 Å². The van der Waals surface area contributed by atoms with Crippen molar-refractivity contribution in [2.75, 3.05) is 14.2 Å². The molecule has 0 saturated carbocycles. The van der Waals surface area contributed by atoms with Gasteiger partial charge in [0.2, 0.25) is 5.88 Å². The Morgan fingerprint density at radius 1 is 0.964 bits per heavy atom. The maximum Gasteiger partial charge on any atom is 0.341 e. The summed E-state index contributed by atoms with van der Waals surface area (Å²) < 4.78 is 15.9. The Morgan fingerprint density at radius 2 is 1.71 bits per heavy atom. The minimum Gasteiger partial charge on any atom is -0.503 e. The van der Waals surface area contributed by atoms with Gasteiger partial charge in [0.25, 0.3) is 0 Å². The molecule has 3 rings (SSSR count). The first kappa shape index (κ1) is 19.1. The molecule has 2 aromatic carbocycles. The average molecular weight is 376 g/mol. The van der Waals surface area contributed by atoms with Crippen LogP contribution in [0.5, 0.6) is 11.6 Å².